The first-order valence-corrected chi connectivity index (χ1v) is 4.37. The van der Waals surface area contributed by atoms with Crippen molar-refractivity contribution < 1.29 is 13.6 Å². The minimum Gasteiger partial charge on any atom is -0.355 e. The van der Waals surface area contributed by atoms with E-state index in [0.717, 1.165) is 18.1 Å². The third-order valence-corrected chi connectivity index (χ3v) is 2.44. The van der Waals surface area contributed by atoms with Gasteiger partial charge in [0, 0.05) is 12.0 Å². The van der Waals surface area contributed by atoms with E-state index in [1.165, 1.54) is 6.07 Å². The van der Waals surface area contributed by atoms with Crippen molar-refractivity contribution in [2.24, 2.45) is 0 Å². The number of hydrogen-bond donors (Lipinski definition) is 1. The van der Waals surface area contributed by atoms with Gasteiger partial charge in [-0.25, -0.2) is 8.78 Å². The van der Waals surface area contributed by atoms with Crippen molar-refractivity contribution >= 4 is 6.41 Å². The molecule has 2 rings (SSSR count). The molecule has 1 fully saturated rings. The number of rotatable bonds is 3. The second kappa shape index (κ2) is 3.36. The van der Waals surface area contributed by atoms with E-state index in [2.05, 4.69) is 5.32 Å². The maximum atomic E-state index is 12.8. The van der Waals surface area contributed by atoms with Crippen LogP contribution in [0.3, 0.4) is 0 Å². The molecular weight excluding hydrogens is 188 g/mol. The highest BCUT2D eigenvalue weighted by molar-refractivity contribution is 5.49. The Morgan fingerprint density at radius 3 is 2.79 bits per heavy atom. The monoisotopic (exact) mass is 197 g/mol. The highest BCUT2D eigenvalue weighted by atomic mass is 19.2. The van der Waals surface area contributed by atoms with Crippen LogP contribution in [0.4, 0.5) is 8.78 Å². The molecule has 74 valence electrons. The largest absolute Gasteiger partial charge is 0.355 e. The quantitative estimate of drug-likeness (QED) is 0.732. The van der Waals surface area contributed by atoms with Crippen LogP contribution in [-0.4, -0.2) is 12.5 Å². The van der Waals surface area contributed by atoms with Gasteiger partial charge in [0.05, 0.1) is 0 Å². The lowest BCUT2D eigenvalue weighted by atomic mass is 10.1. The third kappa shape index (κ3) is 1.60. The molecule has 0 radical (unpaired) electrons. The van der Waals surface area contributed by atoms with Crippen molar-refractivity contribution in [3.05, 3.63) is 35.4 Å². The van der Waals surface area contributed by atoms with Crippen LogP contribution in [0.2, 0.25) is 0 Å². The van der Waals surface area contributed by atoms with Gasteiger partial charge < -0.3 is 5.32 Å². The first-order chi connectivity index (χ1) is 6.72. The Bertz CT molecular complexity index is 367. The van der Waals surface area contributed by atoms with E-state index in [4.69, 9.17) is 0 Å². The van der Waals surface area contributed by atoms with Gasteiger partial charge in [-0.15, -0.1) is 0 Å². The van der Waals surface area contributed by atoms with Gasteiger partial charge in [-0.2, -0.15) is 0 Å². The van der Waals surface area contributed by atoms with Gasteiger partial charge in [0.2, 0.25) is 6.41 Å². The zero-order valence-corrected chi connectivity index (χ0v) is 7.34. The first-order valence-electron chi connectivity index (χ1n) is 4.37. The molecule has 0 unspecified atom stereocenters. The lowest BCUT2D eigenvalue weighted by molar-refractivity contribution is -0.109. The zero-order chi connectivity index (χ0) is 10.1. The minimum atomic E-state index is -0.839. The highest BCUT2D eigenvalue weighted by Crippen LogP contribution is 2.40. The molecule has 0 heterocycles. The topological polar surface area (TPSA) is 29.1 Å². The van der Waals surface area contributed by atoms with Crippen molar-refractivity contribution in [3.63, 3.8) is 0 Å². The predicted octanol–water partition coefficient (Wildman–Crippen LogP) is 1.57. The molecule has 0 bridgehead atoms. The fraction of sp³-hybridized carbons (Fsp3) is 0.300. The van der Waals surface area contributed by atoms with Gasteiger partial charge in [-0.3, -0.25) is 4.79 Å². The molecule has 4 heteroatoms. The van der Waals surface area contributed by atoms with E-state index in [9.17, 15) is 13.6 Å². The normalized spacial score (nSPS) is 24.4. The summed E-state index contributed by atoms with van der Waals surface area (Å²) in [5.41, 5.74) is 0.739. The summed E-state index contributed by atoms with van der Waals surface area (Å²) in [5.74, 6) is -1.54. The molecule has 2 atom stereocenters. The second-order valence-electron chi connectivity index (χ2n) is 3.41. The fourth-order valence-electron chi connectivity index (χ4n) is 1.58. The Hall–Kier alpha value is -1.45. The Balaban J connectivity index is 2.12. The summed E-state index contributed by atoms with van der Waals surface area (Å²) >= 11 is 0. The van der Waals surface area contributed by atoms with Gasteiger partial charge >= 0.3 is 0 Å². The number of amides is 1. The Kier molecular flexibility index (Phi) is 2.19. The Morgan fingerprint density at radius 2 is 2.14 bits per heavy atom. The number of hydrogen-bond acceptors (Lipinski definition) is 1. The van der Waals surface area contributed by atoms with Crippen LogP contribution in [0.25, 0.3) is 0 Å². The molecular formula is C10H9F2NO. The lowest BCUT2D eigenvalue weighted by Gasteiger charge is -2.00. The maximum Gasteiger partial charge on any atom is 0.207 e. The number of carbonyl (C=O) groups excluding carboxylic acids is 1. The Morgan fingerprint density at radius 1 is 1.36 bits per heavy atom. The lowest BCUT2D eigenvalue weighted by Crippen LogP contribution is -2.14. The number of carbonyl (C=O) groups is 1. The summed E-state index contributed by atoms with van der Waals surface area (Å²) in [6.07, 6.45) is 1.42. The third-order valence-electron chi connectivity index (χ3n) is 2.44. The van der Waals surface area contributed by atoms with Crippen LogP contribution in [0.15, 0.2) is 18.2 Å². The van der Waals surface area contributed by atoms with E-state index in [0.29, 0.717) is 6.41 Å². The molecule has 0 saturated heterocycles. The van der Waals surface area contributed by atoms with E-state index < -0.39 is 11.6 Å². The molecule has 1 aliphatic rings. The molecule has 14 heavy (non-hydrogen) atoms. The van der Waals surface area contributed by atoms with Gasteiger partial charge in [0.25, 0.3) is 0 Å². The minimum absolute atomic E-state index is 0.0809. The smallest absolute Gasteiger partial charge is 0.207 e. The van der Waals surface area contributed by atoms with Crippen molar-refractivity contribution in [1.29, 1.82) is 0 Å². The van der Waals surface area contributed by atoms with Crippen molar-refractivity contribution in [2.45, 2.75) is 18.4 Å². The predicted molar refractivity (Wildman–Crippen MR) is 46.7 cm³/mol. The van der Waals surface area contributed by atoms with Crippen molar-refractivity contribution in [1.82, 2.24) is 5.32 Å². The van der Waals surface area contributed by atoms with Crippen molar-refractivity contribution in [3.8, 4) is 0 Å². The van der Waals surface area contributed by atoms with E-state index >= 15 is 0 Å². The van der Waals surface area contributed by atoms with Crippen LogP contribution < -0.4 is 5.32 Å². The molecule has 0 aromatic heterocycles. The molecule has 1 saturated carbocycles. The summed E-state index contributed by atoms with van der Waals surface area (Å²) in [6.45, 7) is 0. The zero-order valence-electron chi connectivity index (χ0n) is 7.34. The summed E-state index contributed by atoms with van der Waals surface area (Å²) in [5, 5.41) is 2.61. The van der Waals surface area contributed by atoms with Gasteiger partial charge in [-0.1, -0.05) is 6.07 Å². The molecule has 1 amide bonds. The van der Waals surface area contributed by atoms with Gasteiger partial charge in [0.1, 0.15) is 0 Å². The van der Waals surface area contributed by atoms with Crippen LogP contribution in [-0.2, 0) is 4.79 Å². The molecule has 2 nitrogen and oxygen atoms in total. The summed E-state index contributed by atoms with van der Waals surface area (Å²) in [4.78, 5) is 10.1. The van der Waals surface area contributed by atoms with Crippen LogP contribution >= 0.6 is 0 Å². The van der Waals surface area contributed by atoms with Crippen LogP contribution in [0.5, 0.6) is 0 Å². The van der Waals surface area contributed by atoms with Crippen molar-refractivity contribution in [2.75, 3.05) is 0 Å². The number of halogens is 2. The van der Waals surface area contributed by atoms with Crippen LogP contribution in [0, 0.1) is 11.6 Å². The van der Waals surface area contributed by atoms with E-state index in [1.54, 1.807) is 6.07 Å². The second-order valence-corrected chi connectivity index (χ2v) is 3.41. The first kappa shape index (κ1) is 9.12. The van der Waals surface area contributed by atoms with E-state index in [-0.39, 0.29) is 12.0 Å². The summed E-state index contributed by atoms with van der Waals surface area (Å²) < 4.78 is 25.4. The molecule has 1 aromatic carbocycles. The standard InChI is InChI=1S/C10H9F2NO/c11-8-2-1-6(3-9(8)12)7-4-10(7)13-5-14/h1-3,5,7,10H,4H2,(H,13,14)/t7-,10+/m0/s1. The van der Waals surface area contributed by atoms with Crippen LogP contribution in [0.1, 0.15) is 17.9 Å². The number of benzene rings is 1. The molecule has 0 spiro atoms. The summed E-state index contributed by atoms with van der Waals surface area (Å²) in [6, 6.07) is 3.93. The average Bonchev–Trinajstić information content (AvgIpc) is 2.90. The maximum absolute atomic E-state index is 12.8. The number of nitrogens with one attached hydrogen (secondary N) is 1. The average molecular weight is 197 g/mol. The Labute approximate surface area is 79.9 Å². The molecule has 1 aliphatic carbocycles. The SMILES string of the molecule is O=CN[C@@H]1C[C@H]1c1ccc(F)c(F)c1. The van der Waals surface area contributed by atoms with E-state index in [1.807, 2.05) is 0 Å². The molecule has 1 N–H and O–H groups in total. The fourth-order valence-corrected chi connectivity index (χ4v) is 1.58. The summed E-state index contributed by atoms with van der Waals surface area (Å²) in [7, 11) is 0. The molecule has 0 aliphatic heterocycles. The van der Waals surface area contributed by atoms with Gasteiger partial charge in [-0.05, 0) is 24.1 Å². The van der Waals surface area contributed by atoms with Gasteiger partial charge in [0.15, 0.2) is 11.6 Å². The highest BCUT2D eigenvalue weighted by Gasteiger charge is 2.38. The molecule has 1 aromatic rings.